The average Bonchev–Trinajstić information content (AvgIpc) is 2.46. The van der Waals surface area contributed by atoms with Crippen LogP contribution in [0.1, 0.15) is 32.0 Å². The molecular weight excluding hydrogens is 191 g/mol. The van der Waals surface area contributed by atoms with Crippen molar-refractivity contribution in [1.29, 1.82) is 0 Å². The minimum atomic E-state index is -0.210. The number of aryl methyl sites for hydroxylation is 1. The molecule has 0 bridgehead atoms. The summed E-state index contributed by atoms with van der Waals surface area (Å²) < 4.78 is 13.8. The number of nitrogens with one attached hydrogen (secondary N) is 1. The summed E-state index contributed by atoms with van der Waals surface area (Å²) in [5.41, 5.74) is 2.29. The molecule has 0 atom stereocenters. The van der Waals surface area contributed by atoms with Crippen molar-refractivity contribution in [2.24, 2.45) is 0 Å². The van der Waals surface area contributed by atoms with Gasteiger partial charge in [-0.3, -0.25) is 5.10 Å². The van der Waals surface area contributed by atoms with Gasteiger partial charge >= 0.3 is 0 Å². The molecule has 15 heavy (non-hydrogen) atoms. The van der Waals surface area contributed by atoms with E-state index in [0.29, 0.717) is 0 Å². The summed E-state index contributed by atoms with van der Waals surface area (Å²) in [6.07, 6.45) is 0. The molecule has 2 aromatic rings. The van der Waals surface area contributed by atoms with Gasteiger partial charge in [0.05, 0.1) is 5.52 Å². The van der Waals surface area contributed by atoms with E-state index >= 15 is 0 Å². The van der Waals surface area contributed by atoms with Gasteiger partial charge in [0, 0.05) is 16.6 Å². The fourth-order valence-electron chi connectivity index (χ4n) is 1.97. The Morgan fingerprint density at radius 2 is 1.93 bits per heavy atom. The molecule has 0 fully saturated rings. The maximum absolute atomic E-state index is 13.8. The molecule has 3 heteroatoms. The van der Waals surface area contributed by atoms with Crippen LogP contribution in [-0.4, -0.2) is 10.2 Å². The van der Waals surface area contributed by atoms with Crippen LogP contribution in [0.25, 0.3) is 10.9 Å². The van der Waals surface area contributed by atoms with Gasteiger partial charge < -0.3 is 0 Å². The van der Waals surface area contributed by atoms with Crippen LogP contribution in [0.2, 0.25) is 0 Å². The molecule has 2 nitrogen and oxygen atoms in total. The third kappa shape index (κ3) is 1.52. The largest absolute Gasteiger partial charge is 0.282 e. The van der Waals surface area contributed by atoms with Crippen molar-refractivity contribution in [1.82, 2.24) is 10.2 Å². The second kappa shape index (κ2) is 3.05. The van der Waals surface area contributed by atoms with E-state index in [2.05, 4.69) is 10.2 Å². The van der Waals surface area contributed by atoms with E-state index in [4.69, 9.17) is 0 Å². The van der Waals surface area contributed by atoms with Crippen LogP contribution < -0.4 is 0 Å². The van der Waals surface area contributed by atoms with Crippen molar-refractivity contribution in [3.63, 3.8) is 0 Å². The first-order valence-electron chi connectivity index (χ1n) is 5.05. The Labute approximate surface area is 88.5 Å². The van der Waals surface area contributed by atoms with Crippen LogP contribution in [0.5, 0.6) is 0 Å². The number of aromatic amines is 1. The van der Waals surface area contributed by atoms with Gasteiger partial charge in [-0.05, 0) is 24.5 Å². The minimum Gasteiger partial charge on any atom is -0.282 e. The number of halogens is 1. The van der Waals surface area contributed by atoms with Crippen molar-refractivity contribution in [3.8, 4) is 0 Å². The monoisotopic (exact) mass is 206 g/mol. The maximum atomic E-state index is 13.8. The standard InChI is InChI=1S/C12H15FN2/c1-7-10-9(15-14-7)6-5-8(13)11(10)12(2,3)4/h5-6H,1-4H3,(H,14,15). The molecule has 1 aromatic heterocycles. The van der Waals surface area contributed by atoms with Gasteiger partial charge in [-0.15, -0.1) is 0 Å². The molecule has 0 aliphatic heterocycles. The van der Waals surface area contributed by atoms with E-state index in [1.807, 2.05) is 27.7 Å². The van der Waals surface area contributed by atoms with Crippen LogP contribution >= 0.6 is 0 Å². The third-order valence-electron chi connectivity index (χ3n) is 2.60. The van der Waals surface area contributed by atoms with Gasteiger partial charge in [0.15, 0.2) is 0 Å². The fourth-order valence-corrected chi connectivity index (χ4v) is 1.97. The Hall–Kier alpha value is -1.38. The molecule has 0 unspecified atom stereocenters. The summed E-state index contributed by atoms with van der Waals surface area (Å²) >= 11 is 0. The predicted molar refractivity (Wildman–Crippen MR) is 59.5 cm³/mol. The van der Waals surface area contributed by atoms with E-state index in [-0.39, 0.29) is 11.2 Å². The lowest BCUT2D eigenvalue weighted by atomic mass is 9.84. The summed E-state index contributed by atoms with van der Waals surface area (Å²) in [5, 5.41) is 7.96. The summed E-state index contributed by atoms with van der Waals surface area (Å²) in [6, 6.07) is 3.20. The van der Waals surface area contributed by atoms with Gasteiger partial charge in [0.25, 0.3) is 0 Å². The molecule has 0 saturated heterocycles. The molecule has 0 radical (unpaired) electrons. The molecule has 1 aromatic carbocycles. The summed E-state index contributed by atoms with van der Waals surface area (Å²) in [5.74, 6) is -0.153. The lowest BCUT2D eigenvalue weighted by Crippen LogP contribution is -2.14. The van der Waals surface area contributed by atoms with Crippen LogP contribution in [-0.2, 0) is 5.41 Å². The molecule has 0 spiro atoms. The normalized spacial score (nSPS) is 12.3. The molecular formula is C12H15FN2. The van der Waals surface area contributed by atoms with Gasteiger partial charge in [-0.2, -0.15) is 5.10 Å². The van der Waals surface area contributed by atoms with Crippen molar-refractivity contribution < 1.29 is 4.39 Å². The Kier molecular flexibility index (Phi) is 2.07. The highest BCUT2D eigenvalue weighted by atomic mass is 19.1. The quantitative estimate of drug-likeness (QED) is 0.703. The SMILES string of the molecule is Cc1[nH]nc2ccc(F)c(C(C)(C)C)c12. The molecule has 80 valence electrons. The zero-order chi connectivity index (χ0) is 11.2. The first-order valence-corrected chi connectivity index (χ1v) is 5.05. The number of nitrogens with zero attached hydrogens (tertiary/aromatic N) is 1. The van der Waals surface area contributed by atoms with Crippen LogP contribution in [0, 0.1) is 12.7 Å². The second-order valence-corrected chi connectivity index (χ2v) is 4.92. The first kappa shape index (κ1) is 10.1. The molecule has 0 amide bonds. The smallest absolute Gasteiger partial charge is 0.127 e. The average molecular weight is 206 g/mol. The Bertz CT molecular complexity index is 506. The zero-order valence-electron chi connectivity index (χ0n) is 9.48. The van der Waals surface area contributed by atoms with Crippen molar-refractivity contribution in [2.75, 3.05) is 0 Å². The van der Waals surface area contributed by atoms with E-state index in [1.54, 1.807) is 6.07 Å². The molecule has 0 aliphatic carbocycles. The molecule has 1 N–H and O–H groups in total. The molecule has 0 saturated carbocycles. The van der Waals surface area contributed by atoms with E-state index in [0.717, 1.165) is 22.2 Å². The Balaban J connectivity index is 2.90. The van der Waals surface area contributed by atoms with Crippen LogP contribution in [0.15, 0.2) is 12.1 Å². The highest BCUT2D eigenvalue weighted by Crippen LogP contribution is 2.33. The van der Waals surface area contributed by atoms with E-state index in [9.17, 15) is 4.39 Å². The molecule has 1 heterocycles. The van der Waals surface area contributed by atoms with Crippen molar-refractivity contribution in [3.05, 3.63) is 29.2 Å². The fraction of sp³-hybridized carbons (Fsp3) is 0.417. The van der Waals surface area contributed by atoms with Crippen LogP contribution in [0.3, 0.4) is 0 Å². The van der Waals surface area contributed by atoms with E-state index < -0.39 is 0 Å². The Morgan fingerprint density at radius 1 is 1.27 bits per heavy atom. The number of H-pyrrole nitrogens is 1. The van der Waals surface area contributed by atoms with Crippen molar-refractivity contribution >= 4 is 10.9 Å². The van der Waals surface area contributed by atoms with Gasteiger partial charge in [0.1, 0.15) is 5.82 Å². The van der Waals surface area contributed by atoms with E-state index in [1.165, 1.54) is 6.07 Å². The molecule has 0 aliphatic rings. The maximum Gasteiger partial charge on any atom is 0.127 e. The zero-order valence-corrected chi connectivity index (χ0v) is 9.48. The summed E-state index contributed by atoms with van der Waals surface area (Å²) in [4.78, 5) is 0. The van der Waals surface area contributed by atoms with Gasteiger partial charge in [0.2, 0.25) is 0 Å². The number of fused-ring (bicyclic) bond motifs is 1. The number of hydrogen-bond donors (Lipinski definition) is 1. The highest BCUT2D eigenvalue weighted by molar-refractivity contribution is 5.85. The first-order chi connectivity index (χ1) is 6.91. The number of aromatic nitrogens is 2. The minimum absolute atomic E-state index is 0.153. The summed E-state index contributed by atoms with van der Waals surface area (Å²) in [6.45, 7) is 7.95. The lowest BCUT2D eigenvalue weighted by Gasteiger charge is -2.21. The van der Waals surface area contributed by atoms with Crippen molar-refractivity contribution in [2.45, 2.75) is 33.1 Å². The molecule has 2 rings (SSSR count). The second-order valence-electron chi connectivity index (χ2n) is 4.92. The number of benzene rings is 1. The van der Waals surface area contributed by atoms with Crippen LogP contribution in [0.4, 0.5) is 4.39 Å². The van der Waals surface area contributed by atoms with Gasteiger partial charge in [-0.25, -0.2) is 4.39 Å². The summed E-state index contributed by atoms with van der Waals surface area (Å²) in [7, 11) is 0. The third-order valence-corrected chi connectivity index (χ3v) is 2.60. The topological polar surface area (TPSA) is 28.7 Å². The number of hydrogen-bond acceptors (Lipinski definition) is 1. The number of rotatable bonds is 0. The Morgan fingerprint density at radius 3 is 2.53 bits per heavy atom. The highest BCUT2D eigenvalue weighted by Gasteiger charge is 2.23. The predicted octanol–water partition coefficient (Wildman–Crippen LogP) is 3.31. The lowest BCUT2D eigenvalue weighted by molar-refractivity contribution is 0.528. The van der Waals surface area contributed by atoms with Gasteiger partial charge in [-0.1, -0.05) is 20.8 Å².